The van der Waals surface area contributed by atoms with Crippen molar-refractivity contribution in [1.29, 1.82) is 5.26 Å². The molecule has 0 saturated carbocycles. The van der Waals surface area contributed by atoms with Gasteiger partial charge < -0.3 is 10.2 Å². The quantitative estimate of drug-likeness (QED) is 0.667. The minimum atomic E-state index is -0.272. The molecule has 8 nitrogen and oxygen atoms in total. The second-order valence-electron chi connectivity index (χ2n) is 6.05. The van der Waals surface area contributed by atoms with E-state index in [1.165, 1.54) is 17.5 Å². The number of aromatic nitrogens is 4. The first-order chi connectivity index (χ1) is 13.0. The van der Waals surface area contributed by atoms with Crippen molar-refractivity contribution in [1.82, 2.24) is 19.7 Å². The Kier molecular flexibility index (Phi) is 4.63. The zero-order valence-electron chi connectivity index (χ0n) is 14.3. The average molecular weight is 444 g/mol. The zero-order chi connectivity index (χ0) is 19.0. The third-order valence-electron chi connectivity index (χ3n) is 4.25. The maximum absolute atomic E-state index is 12.4. The summed E-state index contributed by atoms with van der Waals surface area (Å²) in [5.74, 6) is 0.378. The predicted octanol–water partition coefficient (Wildman–Crippen LogP) is 2.72. The minimum Gasteiger partial charge on any atom is -0.335 e. The second kappa shape index (κ2) is 7.09. The first-order valence-corrected chi connectivity index (χ1v) is 9.73. The molecule has 0 atom stereocenters. The zero-order valence-corrected chi connectivity index (χ0v) is 16.7. The molecular formula is C17H14BrN7OS. The Balaban J connectivity index is 1.59. The number of hydrogen-bond donors (Lipinski definition) is 1. The molecule has 4 heterocycles. The summed E-state index contributed by atoms with van der Waals surface area (Å²) in [5, 5.41) is 17.1. The summed E-state index contributed by atoms with van der Waals surface area (Å²) in [4.78, 5) is 24.2. The van der Waals surface area contributed by atoms with E-state index in [1.54, 1.807) is 30.3 Å². The molecule has 0 fully saturated rings. The standard InChI is InChI=1S/C17H14BrN7OS/c1-24-8-10(5-22-24)15(26)23-16-13(4-19)12-2-3-25(9-14(12)27-16)17-20-6-11(18)7-21-17/h5-8H,2-3,9H2,1H3,(H,23,26). The first kappa shape index (κ1) is 17.6. The van der Waals surface area contributed by atoms with Crippen LogP contribution >= 0.6 is 27.3 Å². The normalized spacial score (nSPS) is 13.1. The lowest BCUT2D eigenvalue weighted by molar-refractivity contribution is 0.102. The van der Waals surface area contributed by atoms with Gasteiger partial charge in [0.25, 0.3) is 5.91 Å². The second-order valence-corrected chi connectivity index (χ2v) is 8.07. The molecule has 136 valence electrons. The molecule has 0 unspecified atom stereocenters. The van der Waals surface area contributed by atoms with E-state index >= 15 is 0 Å². The lowest BCUT2D eigenvalue weighted by atomic mass is 10.0. The SMILES string of the molecule is Cn1cc(C(=O)Nc2sc3c(c2C#N)CCN(c2ncc(Br)cn2)C3)cn1. The fraction of sp³-hybridized carbons (Fsp3) is 0.235. The number of aryl methyl sites for hydroxylation is 1. The van der Waals surface area contributed by atoms with Crippen LogP contribution in [0.5, 0.6) is 0 Å². The Bertz CT molecular complexity index is 1050. The maximum atomic E-state index is 12.4. The van der Waals surface area contributed by atoms with Crippen molar-refractivity contribution in [2.24, 2.45) is 7.05 Å². The number of fused-ring (bicyclic) bond motifs is 1. The van der Waals surface area contributed by atoms with Gasteiger partial charge in [-0.25, -0.2) is 9.97 Å². The van der Waals surface area contributed by atoms with Gasteiger partial charge in [-0.3, -0.25) is 9.48 Å². The summed E-state index contributed by atoms with van der Waals surface area (Å²) in [7, 11) is 1.75. The topological polar surface area (TPSA) is 99.7 Å². The van der Waals surface area contributed by atoms with Crippen molar-refractivity contribution in [3.8, 4) is 6.07 Å². The molecule has 1 aliphatic rings. The number of nitriles is 1. The third-order valence-corrected chi connectivity index (χ3v) is 5.79. The minimum absolute atomic E-state index is 0.272. The number of nitrogens with zero attached hydrogens (tertiary/aromatic N) is 6. The highest BCUT2D eigenvalue weighted by atomic mass is 79.9. The van der Waals surface area contributed by atoms with Gasteiger partial charge in [-0.15, -0.1) is 11.3 Å². The van der Waals surface area contributed by atoms with Crippen LogP contribution in [0, 0.1) is 11.3 Å². The Morgan fingerprint density at radius 1 is 1.37 bits per heavy atom. The number of amides is 1. The van der Waals surface area contributed by atoms with Gasteiger partial charge in [0, 0.05) is 37.1 Å². The van der Waals surface area contributed by atoms with E-state index in [4.69, 9.17) is 0 Å². The van der Waals surface area contributed by atoms with E-state index < -0.39 is 0 Å². The van der Waals surface area contributed by atoms with Crippen molar-refractivity contribution in [3.05, 3.63) is 50.8 Å². The molecule has 27 heavy (non-hydrogen) atoms. The van der Waals surface area contributed by atoms with E-state index in [0.717, 1.165) is 21.5 Å². The summed E-state index contributed by atoms with van der Waals surface area (Å²) in [6, 6.07) is 2.25. The molecule has 10 heteroatoms. The molecule has 3 aromatic heterocycles. The fourth-order valence-corrected chi connectivity index (χ4v) is 4.38. The molecule has 0 aliphatic carbocycles. The predicted molar refractivity (Wildman–Crippen MR) is 105 cm³/mol. The van der Waals surface area contributed by atoms with Crippen molar-refractivity contribution in [3.63, 3.8) is 0 Å². The number of thiophene rings is 1. The van der Waals surface area contributed by atoms with Crippen LogP contribution in [-0.4, -0.2) is 32.2 Å². The van der Waals surface area contributed by atoms with E-state index in [1.807, 2.05) is 0 Å². The number of carbonyl (C=O) groups excluding carboxylic acids is 1. The van der Waals surface area contributed by atoms with Crippen molar-refractivity contribution < 1.29 is 4.79 Å². The number of nitrogens with one attached hydrogen (secondary N) is 1. The molecule has 0 radical (unpaired) electrons. The number of anilines is 2. The molecule has 1 aliphatic heterocycles. The van der Waals surface area contributed by atoms with Gasteiger partial charge in [-0.2, -0.15) is 10.4 Å². The van der Waals surface area contributed by atoms with E-state index in [0.29, 0.717) is 35.0 Å². The molecule has 1 N–H and O–H groups in total. The van der Waals surface area contributed by atoms with Gasteiger partial charge in [-0.05, 0) is 27.9 Å². The maximum Gasteiger partial charge on any atom is 0.259 e. The van der Waals surface area contributed by atoms with Gasteiger partial charge in [0.05, 0.1) is 28.3 Å². The number of carbonyl (C=O) groups is 1. The summed E-state index contributed by atoms with van der Waals surface area (Å²) in [5.41, 5.74) is 2.00. The molecule has 4 rings (SSSR count). The van der Waals surface area contributed by atoms with Gasteiger partial charge in [-0.1, -0.05) is 0 Å². The van der Waals surface area contributed by atoms with Crippen LogP contribution in [0.3, 0.4) is 0 Å². The number of rotatable bonds is 3. The Hall–Kier alpha value is -2.77. The van der Waals surface area contributed by atoms with E-state index in [2.05, 4.69) is 47.3 Å². The highest BCUT2D eigenvalue weighted by Crippen LogP contribution is 2.37. The molecule has 0 bridgehead atoms. The Labute approximate surface area is 167 Å². The molecule has 3 aromatic rings. The van der Waals surface area contributed by atoms with Gasteiger partial charge >= 0.3 is 0 Å². The molecule has 0 aromatic carbocycles. The molecular weight excluding hydrogens is 430 g/mol. The monoisotopic (exact) mass is 443 g/mol. The number of hydrogen-bond acceptors (Lipinski definition) is 7. The van der Waals surface area contributed by atoms with E-state index in [-0.39, 0.29) is 5.91 Å². The van der Waals surface area contributed by atoms with E-state index in [9.17, 15) is 10.1 Å². The lowest BCUT2D eigenvalue weighted by Gasteiger charge is -2.26. The number of halogens is 1. The fourth-order valence-electron chi connectivity index (χ4n) is 2.96. The summed E-state index contributed by atoms with van der Waals surface area (Å²) in [6.45, 7) is 1.33. The van der Waals surface area contributed by atoms with Gasteiger partial charge in [0.15, 0.2) is 0 Å². The van der Waals surface area contributed by atoms with Crippen LogP contribution in [0.4, 0.5) is 10.9 Å². The largest absolute Gasteiger partial charge is 0.335 e. The van der Waals surface area contributed by atoms with Crippen LogP contribution in [0.15, 0.2) is 29.3 Å². The van der Waals surface area contributed by atoms with Crippen molar-refractivity contribution in [2.75, 3.05) is 16.8 Å². The Morgan fingerprint density at radius 3 is 2.81 bits per heavy atom. The van der Waals surface area contributed by atoms with Crippen LogP contribution < -0.4 is 10.2 Å². The summed E-state index contributed by atoms with van der Waals surface area (Å²) < 4.78 is 2.39. The van der Waals surface area contributed by atoms with Gasteiger partial charge in [0.1, 0.15) is 11.1 Å². The Morgan fingerprint density at radius 2 is 2.15 bits per heavy atom. The van der Waals surface area contributed by atoms with Crippen LogP contribution in [-0.2, 0) is 20.0 Å². The van der Waals surface area contributed by atoms with Crippen molar-refractivity contribution >= 4 is 44.1 Å². The lowest BCUT2D eigenvalue weighted by Crippen LogP contribution is -2.31. The smallest absolute Gasteiger partial charge is 0.259 e. The molecule has 0 spiro atoms. The van der Waals surface area contributed by atoms with Gasteiger partial charge in [0.2, 0.25) is 5.95 Å². The third kappa shape index (κ3) is 3.43. The average Bonchev–Trinajstić information content (AvgIpc) is 3.24. The van der Waals surface area contributed by atoms with Crippen LogP contribution in [0.1, 0.15) is 26.4 Å². The highest BCUT2D eigenvalue weighted by molar-refractivity contribution is 9.10. The summed E-state index contributed by atoms with van der Waals surface area (Å²) >= 11 is 4.77. The summed E-state index contributed by atoms with van der Waals surface area (Å²) in [6.07, 6.45) is 7.28. The highest BCUT2D eigenvalue weighted by Gasteiger charge is 2.26. The molecule has 1 amide bonds. The first-order valence-electron chi connectivity index (χ1n) is 8.12. The van der Waals surface area contributed by atoms with Crippen LogP contribution in [0.25, 0.3) is 0 Å². The van der Waals surface area contributed by atoms with Crippen molar-refractivity contribution in [2.45, 2.75) is 13.0 Å². The van der Waals surface area contributed by atoms with Crippen LogP contribution in [0.2, 0.25) is 0 Å². The molecule has 0 saturated heterocycles.